The molecule has 0 fully saturated rings. The molecule has 3 rings (SSSR count). The summed E-state index contributed by atoms with van der Waals surface area (Å²) in [7, 11) is 0. The van der Waals surface area contributed by atoms with Gasteiger partial charge in [0.25, 0.3) is 5.91 Å². The minimum atomic E-state index is -1.20. The van der Waals surface area contributed by atoms with E-state index in [9.17, 15) is 14.7 Å². The molecule has 0 saturated carbocycles. The van der Waals surface area contributed by atoms with Crippen molar-refractivity contribution in [1.82, 2.24) is 5.32 Å². The monoisotopic (exact) mass is 365 g/mol. The van der Waals surface area contributed by atoms with Crippen molar-refractivity contribution in [3.8, 4) is 0 Å². The van der Waals surface area contributed by atoms with E-state index >= 15 is 0 Å². The first-order chi connectivity index (χ1) is 12.9. The molecule has 0 radical (unpaired) electrons. The van der Waals surface area contributed by atoms with Crippen molar-refractivity contribution in [2.75, 3.05) is 18.1 Å². The molecule has 2 aromatic rings. The Kier molecular flexibility index (Phi) is 5.26. The molecule has 1 atom stereocenters. The first-order valence-corrected chi connectivity index (χ1v) is 8.89. The third-order valence-electron chi connectivity index (χ3n) is 4.89. The smallest absolute Gasteiger partial charge is 0.315 e. The van der Waals surface area contributed by atoms with Gasteiger partial charge in [-0.1, -0.05) is 30.3 Å². The van der Waals surface area contributed by atoms with Gasteiger partial charge in [-0.05, 0) is 43.7 Å². The number of amides is 1. The summed E-state index contributed by atoms with van der Waals surface area (Å²) < 4.78 is 0. The number of nitrogens with zero attached hydrogens (tertiary/aromatic N) is 2. The molecule has 0 spiro atoms. The van der Waals surface area contributed by atoms with Gasteiger partial charge in [0, 0.05) is 30.8 Å². The number of aliphatic carboxylic acids is 1. The van der Waals surface area contributed by atoms with Crippen molar-refractivity contribution >= 4 is 23.3 Å². The maximum atomic E-state index is 12.5. The molecule has 2 aromatic carbocycles. The van der Waals surface area contributed by atoms with Crippen LogP contribution in [0.1, 0.15) is 36.2 Å². The van der Waals surface area contributed by atoms with Crippen molar-refractivity contribution in [2.24, 2.45) is 5.10 Å². The summed E-state index contributed by atoms with van der Waals surface area (Å²) in [6.07, 6.45) is 0.940. The second-order valence-corrected chi connectivity index (χ2v) is 6.94. The maximum absolute atomic E-state index is 12.5. The average molecular weight is 365 g/mol. The number of carbonyl (C=O) groups excluding carboxylic acids is 1. The summed E-state index contributed by atoms with van der Waals surface area (Å²) in [5.74, 6) is -1.28. The summed E-state index contributed by atoms with van der Waals surface area (Å²) in [4.78, 5) is 24.3. The summed E-state index contributed by atoms with van der Waals surface area (Å²) in [6.45, 7) is 4.45. The van der Waals surface area contributed by atoms with E-state index in [1.54, 1.807) is 43.3 Å². The number of rotatable bonds is 6. The van der Waals surface area contributed by atoms with Gasteiger partial charge in [0.1, 0.15) is 5.41 Å². The highest BCUT2D eigenvalue weighted by Crippen LogP contribution is 2.24. The molecule has 6 nitrogen and oxygen atoms in total. The Hall–Kier alpha value is -3.15. The molecule has 2 N–H and O–H groups in total. The van der Waals surface area contributed by atoms with Gasteiger partial charge in [0.2, 0.25) is 0 Å². The Morgan fingerprint density at radius 3 is 2.37 bits per heavy atom. The lowest BCUT2D eigenvalue weighted by Crippen LogP contribution is -2.44. The maximum Gasteiger partial charge on any atom is 0.315 e. The van der Waals surface area contributed by atoms with Gasteiger partial charge in [0.05, 0.1) is 5.69 Å². The second kappa shape index (κ2) is 7.61. The lowest BCUT2D eigenvalue weighted by atomic mass is 9.82. The highest BCUT2D eigenvalue weighted by atomic mass is 16.4. The van der Waals surface area contributed by atoms with Gasteiger partial charge in [-0.25, -0.2) is 0 Å². The number of carboxylic acids is 1. The van der Waals surface area contributed by atoms with E-state index < -0.39 is 11.4 Å². The summed E-state index contributed by atoms with van der Waals surface area (Å²) in [5, 5.41) is 18.8. The Morgan fingerprint density at radius 1 is 1.15 bits per heavy atom. The average Bonchev–Trinajstić information content (AvgIpc) is 3.13. The Balaban J connectivity index is 1.68. The first-order valence-electron chi connectivity index (χ1n) is 8.89. The van der Waals surface area contributed by atoms with Crippen LogP contribution in [0.2, 0.25) is 0 Å². The zero-order chi connectivity index (χ0) is 19.4. The SMILES string of the molecule is CC1=NN(c2ccc(C(=O)NCC(C)(C(=O)O)c3ccccc3)cc2)CC1. The van der Waals surface area contributed by atoms with Crippen LogP contribution in [0.5, 0.6) is 0 Å². The molecule has 1 unspecified atom stereocenters. The van der Waals surface area contributed by atoms with E-state index in [-0.39, 0.29) is 12.5 Å². The van der Waals surface area contributed by atoms with Gasteiger partial charge < -0.3 is 10.4 Å². The van der Waals surface area contributed by atoms with E-state index in [0.717, 1.165) is 24.4 Å². The molecule has 0 aliphatic carbocycles. The number of nitrogens with one attached hydrogen (secondary N) is 1. The molecule has 1 aliphatic heterocycles. The van der Waals surface area contributed by atoms with E-state index in [1.807, 2.05) is 30.1 Å². The molecule has 1 heterocycles. The fourth-order valence-corrected chi connectivity index (χ4v) is 3.01. The number of carbonyl (C=O) groups is 2. The standard InChI is InChI=1S/C21H23N3O3/c1-15-12-13-24(23-15)18-10-8-16(9-11-18)19(25)22-14-21(2,20(26)27)17-6-4-3-5-7-17/h3-11H,12-14H2,1-2H3,(H,22,25)(H,26,27). The van der Waals surface area contributed by atoms with Crippen LogP contribution in [-0.4, -0.2) is 35.8 Å². The van der Waals surface area contributed by atoms with E-state index in [4.69, 9.17) is 0 Å². The minimum Gasteiger partial charge on any atom is -0.481 e. The Morgan fingerprint density at radius 2 is 1.81 bits per heavy atom. The van der Waals surface area contributed by atoms with Gasteiger partial charge in [-0.3, -0.25) is 14.6 Å². The van der Waals surface area contributed by atoms with Gasteiger partial charge >= 0.3 is 5.97 Å². The normalized spacial score (nSPS) is 15.8. The van der Waals surface area contributed by atoms with E-state index in [1.165, 1.54) is 0 Å². The van der Waals surface area contributed by atoms with Crippen LogP contribution in [0.4, 0.5) is 5.69 Å². The number of benzene rings is 2. The zero-order valence-corrected chi connectivity index (χ0v) is 15.5. The molecule has 1 amide bonds. The van der Waals surface area contributed by atoms with E-state index in [0.29, 0.717) is 11.1 Å². The van der Waals surface area contributed by atoms with Crippen LogP contribution in [-0.2, 0) is 10.2 Å². The van der Waals surface area contributed by atoms with Crippen LogP contribution in [0, 0.1) is 0 Å². The number of carboxylic acid groups (broad SMARTS) is 1. The fourth-order valence-electron chi connectivity index (χ4n) is 3.01. The minimum absolute atomic E-state index is 0.00252. The third kappa shape index (κ3) is 4.00. The van der Waals surface area contributed by atoms with Crippen molar-refractivity contribution in [2.45, 2.75) is 25.7 Å². The molecule has 27 heavy (non-hydrogen) atoms. The number of hydrazone groups is 1. The largest absolute Gasteiger partial charge is 0.481 e. The van der Waals surface area contributed by atoms with Gasteiger partial charge in [0.15, 0.2) is 0 Å². The predicted octanol–water partition coefficient (Wildman–Crippen LogP) is 3.04. The summed E-state index contributed by atoms with van der Waals surface area (Å²) in [5.41, 5.74) is 1.96. The van der Waals surface area contributed by atoms with E-state index in [2.05, 4.69) is 10.4 Å². The topological polar surface area (TPSA) is 82.0 Å². The van der Waals surface area contributed by atoms with Gasteiger partial charge in [-0.15, -0.1) is 0 Å². The van der Waals surface area contributed by atoms with Crippen molar-refractivity contribution in [1.29, 1.82) is 0 Å². The Labute approximate surface area is 158 Å². The predicted molar refractivity (Wildman–Crippen MR) is 105 cm³/mol. The van der Waals surface area contributed by atoms with Crippen molar-refractivity contribution in [3.63, 3.8) is 0 Å². The molecule has 0 saturated heterocycles. The van der Waals surface area contributed by atoms with Crippen LogP contribution < -0.4 is 10.3 Å². The first kappa shape index (κ1) is 18.6. The number of hydrogen-bond acceptors (Lipinski definition) is 4. The molecule has 0 aromatic heterocycles. The lowest BCUT2D eigenvalue weighted by molar-refractivity contribution is -0.142. The number of anilines is 1. The van der Waals surface area contributed by atoms with Gasteiger partial charge in [-0.2, -0.15) is 5.10 Å². The second-order valence-electron chi connectivity index (χ2n) is 6.94. The molecule has 6 heteroatoms. The highest BCUT2D eigenvalue weighted by Gasteiger charge is 2.35. The molecule has 1 aliphatic rings. The third-order valence-corrected chi connectivity index (χ3v) is 4.89. The van der Waals surface area contributed by atoms with Crippen LogP contribution >= 0.6 is 0 Å². The summed E-state index contributed by atoms with van der Waals surface area (Å²) >= 11 is 0. The molecule has 0 bridgehead atoms. The Bertz CT molecular complexity index is 862. The highest BCUT2D eigenvalue weighted by molar-refractivity contribution is 5.95. The fraction of sp³-hybridized carbons (Fsp3) is 0.286. The van der Waals surface area contributed by atoms with Crippen LogP contribution in [0.3, 0.4) is 0 Å². The van der Waals surface area contributed by atoms with Crippen molar-refractivity contribution in [3.05, 3.63) is 65.7 Å². The quantitative estimate of drug-likeness (QED) is 0.824. The van der Waals surface area contributed by atoms with Crippen LogP contribution in [0.25, 0.3) is 0 Å². The molecular formula is C21H23N3O3. The number of hydrogen-bond donors (Lipinski definition) is 2. The molecule has 140 valence electrons. The molecular weight excluding hydrogens is 342 g/mol. The van der Waals surface area contributed by atoms with Crippen LogP contribution in [0.15, 0.2) is 59.7 Å². The lowest BCUT2D eigenvalue weighted by Gasteiger charge is -2.25. The zero-order valence-electron chi connectivity index (χ0n) is 15.5. The van der Waals surface area contributed by atoms with Crippen molar-refractivity contribution < 1.29 is 14.7 Å². The summed E-state index contributed by atoms with van der Waals surface area (Å²) in [6, 6.07) is 16.1.